The third-order valence-corrected chi connectivity index (χ3v) is 5.73. The molecule has 0 spiro atoms. The molecule has 1 aromatic heterocycles. The first-order chi connectivity index (χ1) is 11.5. The molecule has 0 amide bonds. The lowest BCUT2D eigenvalue weighted by Gasteiger charge is -2.42. The summed E-state index contributed by atoms with van der Waals surface area (Å²) < 4.78 is 1.58. The summed E-state index contributed by atoms with van der Waals surface area (Å²) >= 11 is 0. The van der Waals surface area contributed by atoms with E-state index in [0.29, 0.717) is 5.82 Å². The molecule has 2 unspecified atom stereocenters. The van der Waals surface area contributed by atoms with Gasteiger partial charge in [-0.25, -0.2) is 4.98 Å². The van der Waals surface area contributed by atoms with E-state index in [0.717, 1.165) is 51.6 Å². The fourth-order valence-electron chi connectivity index (χ4n) is 4.11. The van der Waals surface area contributed by atoms with Gasteiger partial charge in [0.2, 0.25) is 0 Å². The number of aliphatic hydroxyl groups is 1. The summed E-state index contributed by atoms with van der Waals surface area (Å²) in [5.74, 6) is 0.538. The number of aryl methyl sites for hydroxylation is 1. The van der Waals surface area contributed by atoms with Crippen LogP contribution in [0.25, 0.3) is 0 Å². The molecular weight excluding hydrogens is 304 g/mol. The van der Waals surface area contributed by atoms with Gasteiger partial charge in [-0.2, -0.15) is 0 Å². The highest BCUT2D eigenvalue weighted by molar-refractivity contribution is 5.36. The maximum Gasteiger partial charge on any atom is 0.293 e. The molecule has 2 atom stereocenters. The Balaban J connectivity index is 1.65. The Hall–Kier alpha value is -1.40. The van der Waals surface area contributed by atoms with E-state index in [1.54, 1.807) is 24.0 Å². The van der Waals surface area contributed by atoms with Gasteiger partial charge in [-0.3, -0.25) is 4.79 Å². The van der Waals surface area contributed by atoms with Crippen LogP contribution in [0.5, 0.6) is 0 Å². The molecule has 1 aromatic rings. The summed E-state index contributed by atoms with van der Waals surface area (Å²) in [5, 5.41) is 14.5. The molecule has 6 heteroatoms. The van der Waals surface area contributed by atoms with Crippen molar-refractivity contribution in [1.82, 2.24) is 14.9 Å². The highest BCUT2D eigenvalue weighted by Crippen LogP contribution is 2.31. The Morgan fingerprint density at radius 2 is 2.08 bits per heavy atom. The van der Waals surface area contributed by atoms with Crippen molar-refractivity contribution in [3.63, 3.8) is 0 Å². The highest BCUT2D eigenvalue weighted by Gasteiger charge is 2.36. The lowest BCUT2D eigenvalue weighted by atomic mass is 9.79. The van der Waals surface area contributed by atoms with E-state index in [1.165, 1.54) is 6.42 Å². The maximum absolute atomic E-state index is 12.3. The predicted molar refractivity (Wildman–Crippen MR) is 95.3 cm³/mol. The second-order valence-electron chi connectivity index (χ2n) is 7.50. The highest BCUT2D eigenvalue weighted by atomic mass is 16.3. The number of rotatable bonds is 4. The Bertz CT molecular complexity index is 609. The molecule has 2 fully saturated rings. The Morgan fingerprint density at radius 3 is 2.83 bits per heavy atom. The van der Waals surface area contributed by atoms with Gasteiger partial charge in [0.25, 0.3) is 5.56 Å². The zero-order chi connectivity index (χ0) is 17.2. The van der Waals surface area contributed by atoms with Gasteiger partial charge in [0.1, 0.15) is 0 Å². The lowest BCUT2D eigenvalue weighted by Crippen LogP contribution is -2.57. The van der Waals surface area contributed by atoms with Crippen LogP contribution in [-0.4, -0.2) is 45.4 Å². The molecule has 0 radical (unpaired) electrons. The van der Waals surface area contributed by atoms with Crippen molar-refractivity contribution in [2.45, 2.75) is 69.6 Å². The molecular formula is C18H30N4O2. The van der Waals surface area contributed by atoms with Crippen molar-refractivity contribution >= 4 is 5.82 Å². The van der Waals surface area contributed by atoms with Crippen LogP contribution in [0.1, 0.15) is 51.9 Å². The van der Waals surface area contributed by atoms with Crippen LogP contribution in [0.4, 0.5) is 5.82 Å². The van der Waals surface area contributed by atoms with Gasteiger partial charge in [0.15, 0.2) is 5.82 Å². The third-order valence-electron chi connectivity index (χ3n) is 5.73. The maximum atomic E-state index is 12.3. The van der Waals surface area contributed by atoms with Crippen LogP contribution in [0, 0.1) is 0 Å². The largest absolute Gasteiger partial charge is 0.388 e. The van der Waals surface area contributed by atoms with Gasteiger partial charge < -0.3 is 19.9 Å². The van der Waals surface area contributed by atoms with Crippen molar-refractivity contribution in [2.24, 2.45) is 7.05 Å². The monoisotopic (exact) mass is 334 g/mol. The Labute approximate surface area is 143 Å². The Kier molecular flexibility index (Phi) is 5.25. The molecule has 1 saturated carbocycles. The van der Waals surface area contributed by atoms with Gasteiger partial charge in [0, 0.05) is 44.6 Å². The molecule has 1 saturated heterocycles. The van der Waals surface area contributed by atoms with E-state index in [4.69, 9.17) is 0 Å². The average molecular weight is 334 g/mol. The number of piperidine rings is 1. The molecule has 2 N–H and O–H groups in total. The van der Waals surface area contributed by atoms with Gasteiger partial charge >= 0.3 is 0 Å². The average Bonchev–Trinajstić information content (AvgIpc) is 2.58. The predicted octanol–water partition coefficient (Wildman–Crippen LogP) is 1.42. The van der Waals surface area contributed by atoms with Crippen molar-refractivity contribution in [2.75, 3.05) is 18.0 Å². The first kappa shape index (κ1) is 17.4. The quantitative estimate of drug-likeness (QED) is 0.871. The number of nitrogens with zero attached hydrogens (tertiary/aromatic N) is 3. The number of hydrogen-bond donors (Lipinski definition) is 2. The normalized spacial score (nSPS) is 25.5. The lowest BCUT2D eigenvalue weighted by molar-refractivity contribution is -0.0285. The summed E-state index contributed by atoms with van der Waals surface area (Å²) in [6.45, 7) is 3.74. The fourth-order valence-corrected chi connectivity index (χ4v) is 4.11. The van der Waals surface area contributed by atoms with Crippen LogP contribution >= 0.6 is 0 Å². The van der Waals surface area contributed by atoms with Crippen LogP contribution in [0.2, 0.25) is 0 Å². The smallest absolute Gasteiger partial charge is 0.293 e. The number of hydrogen-bond acceptors (Lipinski definition) is 5. The van der Waals surface area contributed by atoms with E-state index in [-0.39, 0.29) is 17.6 Å². The molecule has 2 heterocycles. The second kappa shape index (κ2) is 7.23. The topological polar surface area (TPSA) is 70.4 Å². The minimum absolute atomic E-state index is 0.0443. The standard InChI is InChI=1S/C18H30N4O2/c1-14(18(24)8-4-3-5-9-18)20-15-7-6-11-22(13-15)16-17(23)21(2)12-10-19-16/h10,12,14-15,20,24H,3-9,11,13H2,1-2H3. The molecule has 134 valence electrons. The zero-order valence-corrected chi connectivity index (χ0v) is 14.9. The van der Waals surface area contributed by atoms with Gasteiger partial charge in [-0.05, 0) is 32.6 Å². The van der Waals surface area contributed by atoms with Crippen molar-refractivity contribution in [3.8, 4) is 0 Å². The molecule has 6 nitrogen and oxygen atoms in total. The summed E-state index contributed by atoms with van der Waals surface area (Å²) in [6.07, 6.45) is 10.7. The van der Waals surface area contributed by atoms with Crippen LogP contribution in [0.3, 0.4) is 0 Å². The SMILES string of the molecule is CC(NC1CCCN(c2nccn(C)c2=O)C1)C1(O)CCCCC1. The molecule has 0 bridgehead atoms. The number of aromatic nitrogens is 2. The van der Waals surface area contributed by atoms with E-state index < -0.39 is 5.60 Å². The van der Waals surface area contributed by atoms with Crippen LogP contribution in [-0.2, 0) is 7.05 Å². The summed E-state index contributed by atoms with van der Waals surface area (Å²) in [7, 11) is 1.76. The van der Waals surface area contributed by atoms with Crippen molar-refractivity contribution < 1.29 is 5.11 Å². The van der Waals surface area contributed by atoms with Crippen molar-refractivity contribution in [3.05, 3.63) is 22.7 Å². The van der Waals surface area contributed by atoms with Crippen LogP contribution < -0.4 is 15.8 Å². The van der Waals surface area contributed by atoms with E-state index >= 15 is 0 Å². The van der Waals surface area contributed by atoms with E-state index in [1.807, 2.05) is 0 Å². The number of anilines is 1. The van der Waals surface area contributed by atoms with Crippen molar-refractivity contribution in [1.29, 1.82) is 0 Å². The summed E-state index contributed by atoms with van der Waals surface area (Å²) in [6, 6.07) is 0.362. The molecule has 1 aliphatic carbocycles. The minimum Gasteiger partial charge on any atom is -0.388 e. The number of nitrogens with one attached hydrogen (secondary N) is 1. The molecule has 1 aliphatic heterocycles. The summed E-state index contributed by atoms with van der Waals surface area (Å²) in [4.78, 5) is 18.7. The first-order valence-electron chi connectivity index (χ1n) is 9.24. The molecule has 2 aliphatic rings. The minimum atomic E-state index is -0.582. The van der Waals surface area contributed by atoms with E-state index in [2.05, 4.69) is 22.1 Å². The van der Waals surface area contributed by atoms with Gasteiger partial charge in [-0.15, -0.1) is 0 Å². The fraction of sp³-hybridized carbons (Fsp3) is 0.778. The van der Waals surface area contributed by atoms with Gasteiger partial charge in [-0.1, -0.05) is 19.3 Å². The second-order valence-corrected chi connectivity index (χ2v) is 7.50. The molecule has 24 heavy (non-hydrogen) atoms. The van der Waals surface area contributed by atoms with Gasteiger partial charge in [0.05, 0.1) is 5.60 Å². The Morgan fingerprint density at radius 1 is 1.33 bits per heavy atom. The summed E-state index contributed by atoms with van der Waals surface area (Å²) in [5.41, 5.74) is -0.626. The van der Waals surface area contributed by atoms with Crippen LogP contribution in [0.15, 0.2) is 17.2 Å². The molecule has 0 aromatic carbocycles. The zero-order valence-electron chi connectivity index (χ0n) is 14.9. The third kappa shape index (κ3) is 3.64. The van der Waals surface area contributed by atoms with E-state index in [9.17, 15) is 9.90 Å². The first-order valence-corrected chi connectivity index (χ1v) is 9.24. The molecule has 3 rings (SSSR count).